The number of hydrogen-bond donors (Lipinski definition) is 1. The molecule has 0 unspecified atom stereocenters. The van der Waals surface area contributed by atoms with Gasteiger partial charge >= 0.3 is 6.03 Å². The van der Waals surface area contributed by atoms with Crippen molar-refractivity contribution in [3.63, 3.8) is 0 Å². The van der Waals surface area contributed by atoms with Crippen molar-refractivity contribution in [3.8, 4) is 5.75 Å². The van der Waals surface area contributed by atoms with Crippen LogP contribution in [0.2, 0.25) is 5.02 Å². The fourth-order valence-corrected chi connectivity index (χ4v) is 3.68. The lowest BCUT2D eigenvalue weighted by Crippen LogP contribution is -2.45. The van der Waals surface area contributed by atoms with Gasteiger partial charge in [-0.25, -0.2) is 4.79 Å². The lowest BCUT2D eigenvalue weighted by molar-refractivity contribution is -0.132. The fourth-order valence-electron chi connectivity index (χ4n) is 3.56. The molecule has 0 radical (unpaired) electrons. The molecule has 9 heteroatoms. The van der Waals surface area contributed by atoms with E-state index in [0.717, 1.165) is 18.6 Å². The predicted molar refractivity (Wildman–Crippen MR) is 122 cm³/mol. The van der Waals surface area contributed by atoms with Gasteiger partial charge in [0.25, 0.3) is 0 Å². The topological polar surface area (TPSA) is 82.2 Å². The highest BCUT2D eigenvalue weighted by Crippen LogP contribution is 2.28. The van der Waals surface area contributed by atoms with Gasteiger partial charge in [-0.2, -0.15) is 0 Å². The molecule has 0 aromatic heterocycles. The molecule has 1 aliphatic carbocycles. The Morgan fingerprint density at radius 2 is 1.81 bits per heavy atom. The Morgan fingerprint density at radius 3 is 2.44 bits per heavy atom. The van der Waals surface area contributed by atoms with Crippen molar-refractivity contribution in [2.24, 2.45) is 0 Å². The van der Waals surface area contributed by atoms with E-state index in [4.69, 9.17) is 16.3 Å². The number of hydrogen-bond acceptors (Lipinski definition) is 4. The molecule has 0 atom stereocenters. The molecule has 8 nitrogen and oxygen atoms in total. The van der Waals surface area contributed by atoms with Gasteiger partial charge in [0.1, 0.15) is 25.5 Å². The van der Waals surface area contributed by atoms with Crippen molar-refractivity contribution in [2.45, 2.75) is 25.8 Å². The molecule has 1 heterocycles. The van der Waals surface area contributed by atoms with Crippen molar-refractivity contribution < 1.29 is 19.1 Å². The average Bonchev–Trinajstić information content (AvgIpc) is 3.55. The monoisotopic (exact) mass is 456 g/mol. The van der Waals surface area contributed by atoms with E-state index in [1.807, 2.05) is 6.92 Å². The van der Waals surface area contributed by atoms with Gasteiger partial charge in [0.2, 0.25) is 11.8 Å². The van der Waals surface area contributed by atoms with E-state index in [2.05, 4.69) is 5.32 Å². The standard InChI is InChI=1S/C23H25ClN4O4/c1-2-32-20-11-5-17(6-12-20)25-23(31)27(18-9-10-18)14-21(29)26-13-22(30)28(15-26)19-7-3-16(24)4-8-19/h3-8,11-12,18H,2,9-10,13-15H2,1H3,(H,25,31). The van der Waals surface area contributed by atoms with E-state index in [0.29, 0.717) is 23.0 Å². The predicted octanol–water partition coefficient (Wildman–Crippen LogP) is 3.57. The Balaban J connectivity index is 1.37. The lowest BCUT2D eigenvalue weighted by atomic mass is 10.3. The molecule has 32 heavy (non-hydrogen) atoms. The minimum atomic E-state index is -0.329. The number of amides is 4. The van der Waals surface area contributed by atoms with E-state index >= 15 is 0 Å². The third-order valence-electron chi connectivity index (χ3n) is 5.40. The number of urea groups is 1. The number of anilines is 2. The number of halogens is 1. The van der Waals surface area contributed by atoms with Crippen LogP contribution >= 0.6 is 11.6 Å². The minimum absolute atomic E-state index is 0.0134. The molecule has 4 rings (SSSR count). The number of ether oxygens (including phenoxy) is 1. The van der Waals surface area contributed by atoms with Crippen LogP contribution in [-0.2, 0) is 9.59 Å². The van der Waals surface area contributed by atoms with Gasteiger partial charge in [-0.3, -0.25) is 14.5 Å². The first kappa shape index (κ1) is 22.0. The molecule has 2 fully saturated rings. The van der Waals surface area contributed by atoms with Crippen molar-refractivity contribution in [1.82, 2.24) is 9.80 Å². The molecule has 0 spiro atoms. The first-order valence-corrected chi connectivity index (χ1v) is 11.0. The van der Waals surface area contributed by atoms with Crippen LogP contribution in [0, 0.1) is 0 Å². The average molecular weight is 457 g/mol. The van der Waals surface area contributed by atoms with E-state index < -0.39 is 0 Å². The first-order chi connectivity index (χ1) is 15.4. The Morgan fingerprint density at radius 1 is 1.12 bits per heavy atom. The van der Waals surface area contributed by atoms with Gasteiger partial charge in [0.15, 0.2) is 0 Å². The van der Waals surface area contributed by atoms with E-state index in [9.17, 15) is 14.4 Å². The van der Waals surface area contributed by atoms with Crippen LogP contribution in [-0.4, -0.2) is 60.1 Å². The van der Waals surface area contributed by atoms with Crippen LogP contribution < -0.4 is 15.0 Å². The summed E-state index contributed by atoms with van der Waals surface area (Å²) in [7, 11) is 0. The van der Waals surface area contributed by atoms with Crippen molar-refractivity contribution in [2.75, 3.05) is 36.6 Å². The number of benzene rings is 2. The number of carbonyl (C=O) groups excluding carboxylic acids is 3. The summed E-state index contributed by atoms with van der Waals surface area (Å²) in [5.41, 5.74) is 1.31. The third-order valence-corrected chi connectivity index (χ3v) is 5.65. The van der Waals surface area contributed by atoms with Crippen LogP contribution in [0.15, 0.2) is 48.5 Å². The normalized spacial score (nSPS) is 15.6. The van der Waals surface area contributed by atoms with Crippen LogP contribution in [0.3, 0.4) is 0 Å². The smallest absolute Gasteiger partial charge is 0.322 e. The molecule has 0 bridgehead atoms. The van der Waals surface area contributed by atoms with Crippen molar-refractivity contribution >= 4 is 40.8 Å². The summed E-state index contributed by atoms with van der Waals surface area (Å²) in [6.45, 7) is 2.54. The van der Waals surface area contributed by atoms with Crippen molar-refractivity contribution in [3.05, 3.63) is 53.6 Å². The Hall–Kier alpha value is -3.26. The molecule has 1 N–H and O–H groups in total. The SMILES string of the molecule is CCOc1ccc(NC(=O)N(CC(=O)N2CC(=O)N(c3ccc(Cl)cc3)C2)C2CC2)cc1. The molecule has 4 amide bonds. The number of carbonyl (C=O) groups is 3. The maximum absolute atomic E-state index is 12.9. The van der Waals surface area contributed by atoms with Crippen LogP contribution in [0.5, 0.6) is 5.75 Å². The molecule has 1 saturated carbocycles. The molecular weight excluding hydrogens is 432 g/mol. The fraction of sp³-hybridized carbons (Fsp3) is 0.348. The van der Waals surface area contributed by atoms with Gasteiger partial charge in [-0.1, -0.05) is 11.6 Å². The lowest BCUT2D eigenvalue weighted by Gasteiger charge is -2.25. The molecule has 168 valence electrons. The third kappa shape index (κ3) is 5.13. The van der Waals surface area contributed by atoms with E-state index in [1.54, 1.807) is 53.4 Å². The minimum Gasteiger partial charge on any atom is -0.494 e. The highest BCUT2D eigenvalue weighted by Gasteiger charge is 2.37. The summed E-state index contributed by atoms with van der Waals surface area (Å²) >= 11 is 5.92. The zero-order valence-electron chi connectivity index (χ0n) is 17.8. The highest BCUT2D eigenvalue weighted by atomic mass is 35.5. The molecule has 2 aliphatic rings. The zero-order chi connectivity index (χ0) is 22.7. The molecule has 2 aromatic carbocycles. The quantitative estimate of drug-likeness (QED) is 0.690. The zero-order valence-corrected chi connectivity index (χ0v) is 18.5. The van der Waals surface area contributed by atoms with Crippen LogP contribution in [0.1, 0.15) is 19.8 Å². The Bertz CT molecular complexity index is 992. The Labute approximate surface area is 191 Å². The first-order valence-electron chi connectivity index (χ1n) is 10.6. The summed E-state index contributed by atoms with van der Waals surface area (Å²) in [6.07, 6.45) is 1.72. The number of nitrogens with zero attached hydrogens (tertiary/aromatic N) is 3. The van der Waals surface area contributed by atoms with Crippen molar-refractivity contribution in [1.29, 1.82) is 0 Å². The molecule has 2 aromatic rings. The number of rotatable bonds is 7. The van der Waals surface area contributed by atoms with Gasteiger partial charge in [-0.15, -0.1) is 0 Å². The van der Waals surface area contributed by atoms with Gasteiger partial charge < -0.3 is 19.9 Å². The molecule has 1 aliphatic heterocycles. The summed E-state index contributed by atoms with van der Waals surface area (Å²) in [4.78, 5) is 42.8. The van der Waals surface area contributed by atoms with Gasteiger partial charge in [0, 0.05) is 22.4 Å². The summed E-state index contributed by atoms with van der Waals surface area (Å²) in [5, 5.41) is 3.42. The maximum atomic E-state index is 12.9. The van der Waals surface area contributed by atoms with Crippen LogP contribution in [0.4, 0.5) is 16.2 Å². The summed E-state index contributed by atoms with van der Waals surface area (Å²) in [5.74, 6) is 0.296. The second kappa shape index (κ2) is 9.48. The van der Waals surface area contributed by atoms with Gasteiger partial charge in [-0.05, 0) is 68.3 Å². The largest absolute Gasteiger partial charge is 0.494 e. The molecule has 1 saturated heterocycles. The Kier molecular flexibility index (Phi) is 6.50. The van der Waals surface area contributed by atoms with E-state index in [1.165, 1.54) is 9.80 Å². The van der Waals surface area contributed by atoms with Gasteiger partial charge in [0.05, 0.1) is 6.61 Å². The number of nitrogens with one attached hydrogen (secondary N) is 1. The van der Waals surface area contributed by atoms with Crippen LogP contribution in [0.25, 0.3) is 0 Å². The summed E-state index contributed by atoms with van der Waals surface area (Å²) in [6, 6.07) is 13.7. The second-order valence-corrected chi connectivity index (χ2v) is 8.21. The summed E-state index contributed by atoms with van der Waals surface area (Å²) < 4.78 is 5.41. The second-order valence-electron chi connectivity index (χ2n) is 7.78. The maximum Gasteiger partial charge on any atom is 0.322 e. The highest BCUT2D eigenvalue weighted by molar-refractivity contribution is 6.30. The van der Waals surface area contributed by atoms with E-state index in [-0.39, 0.29) is 43.6 Å². The molecular formula is C23H25ClN4O4.